The molecule has 0 aromatic carbocycles. The van der Waals surface area contributed by atoms with Crippen LogP contribution in [0.1, 0.15) is 20.3 Å². The topological polar surface area (TPSA) is 20.2 Å². The van der Waals surface area contributed by atoms with Crippen molar-refractivity contribution in [3.63, 3.8) is 0 Å². The van der Waals surface area contributed by atoms with Crippen molar-refractivity contribution >= 4 is 0 Å². The second-order valence-corrected chi connectivity index (χ2v) is 1.77. The zero-order chi connectivity index (χ0) is 7.11. The van der Waals surface area contributed by atoms with E-state index in [-0.39, 0.29) is 0 Å². The highest BCUT2D eigenvalue weighted by atomic mass is 16.3. The first-order chi connectivity index (χ1) is 4.27. The fraction of sp³-hybridized carbons (Fsp3) is 0.500. The molecule has 0 rings (SSSR count). The van der Waals surface area contributed by atoms with E-state index in [1.54, 1.807) is 6.92 Å². The number of aliphatic hydroxyl groups is 1. The lowest BCUT2D eigenvalue weighted by Crippen LogP contribution is -1.91. The fourth-order valence-electron chi connectivity index (χ4n) is 0.383. The molecule has 1 N–H and O–H groups in total. The van der Waals surface area contributed by atoms with Gasteiger partial charge >= 0.3 is 0 Å². The van der Waals surface area contributed by atoms with Crippen LogP contribution in [0.15, 0.2) is 12.2 Å². The lowest BCUT2D eigenvalue weighted by atomic mass is 10.3. The Labute approximate surface area is 56.4 Å². The summed E-state index contributed by atoms with van der Waals surface area (Å²) < 4.78 is 0. The summed E-state index contributed by atoms with van der Waals surface area (Å²) in [5.41, 5.74) is 0. The second kappa shape index (κ2) is 5.40. The number of hydrogen-bond donors (Lipinski definition) is 1. The third-order valence-corrected chi connectivity index (χ3v) is 0.767. The zero-order valence-corrected chi connectivity index (χ0v) is 5.89. The molecule has 0 amide bonds. The van der Waals surface area contributed by atoms with Gasteiger partial charge in [-0.05, 0) is 13.8 Å². The van der Waals surface area contributed by atoms with E-state index in [2.05, 4.69) is 11.8 Å². The van der Waals surface area contributed by atoms with Crippen molar-refractivity contribution in [3.05, 3.63) is 12.2 Å². The molecule has 50 valence electrons. The number of aliphatic hydroxyl groups excluding tert-OH is 1. The van der Waals surface area contributed by atoms with E-state index < -0.39 is 6.10 Å². The molecule has 0 bridgehead atoms. The van der Waals surface area contributed by atoms with Crippen LogP contribution in [0.2, 0.25) is 0 Å². The first kappa shape index (κ1) is 8.26. The molecule has 9 heavy (non-hydrogen) atoms. The summed E-state index contributed by atoms with van der Waals surface area (Å²) in [6.45, 7) is 3.60. The van der Waals surface area contributed by atoms with E-state index >= 15 is 0 Å². The molecule has 0 saturated heterocycles. The van der Waals surface area contributed by atoms with Gasteiger partial charge in [-0.1, -0.05) is 24.0 Å². The standard InChI is InChI=1S/C8H12O/c1-3-4-5-6-7-8(2)9/h3-4,8-9H,5H2,1-2H3. The molecular formula is C8H12O. The number of rotatable bonds is 1. The Kier molecular flexibility index (Phi) is 4.95. The molecule has 0 saturated carbocycles. The third kappa shape index (κ3) is 7.26. The minimum Gasteiger partial charge on any atom is -0.381 e. The Morgan fingerprint density at radius 2 is 2.33 bits per heavy atom. The van der Waals surface area contributed by atoms with Crippen LogP contribution < -0.4 is 0 Å². The van der Waals surface area contributed by atoms with Gasteiger partial charge in [0.25, 0.3) is 0 Å². The summed E-state index contributed by atoms with van der Waals surface area (Å²) in [6, 6.07) is 0. The van der Waals surface area contributed by atoms with E-state index in [0.717, 1.165) is 6.42 Å². The maximum absolute atomic E-state index is 8.65. The fourth-order valence-corrected chi connectivity index (χ4v) is 0.383. The van der Waals surface area contributed by atoms with Crippen molar-refractivity contribution in [1.29, 1.82) is 0 Å². The van der Waals surface area contributed by atoms with Crippen molar-refractivity contribution in [2.24, 2.45) is 0 Å². The molecule has 0 radical (unpaired) electrons. The quantitative estimate of drug-likeness (QED) is 0.413. The van der Waals surface area contributed by atoms with Gasteiger partial charge in [-0.3, -0.25) is 0 Å². The van der Waals surface area contributed by atoms with Gasteiger partial charge in [-0.15, -0.1) is 0 Å². The minimum absolute atomic E-state index is 0.491. The molecule has 1 unspecified atom stereocenters. The van der Waals surface area contributed by atoms with Crippen molar-refractivity contribution in [1.82, 2.24) is 0 Å². The maximum Gasteiger partial charge on any atom is 0.111 e. The lowest BCUT2D eigenvalue weighted by Gasteiger charge is -1.84. The molecular weight excluding hydrogens is 112 g/mol. The van der Waals surface area contributed by atoms with Gasteiger partial charge in [0.15, 0.2) is 0 Å². The average molecular weight is 124 g/mol. The van der Waals surface area contributed by atoms with Gasteiger partial charge in [-0.25, -0.2) is 0 Å². The first-order valence-corrected chi connectivity index (χ1v) is 3.05. The van der Waals surface area contributed by atoms with E-state index in [1.807, 2.05) is 19.1 Å². The Balaban J connectivity index is 3.38. The summed E-state index contributed by atoms with van der Waals surface area (Å²) >= 11 is 0. The summed E-state index contributed by atoms with van der Waals surface area (Å²) in [5.74, 6) is 5.43. The van der Waals surface area contributed by atoms with Crippen LogP contribution in [0.5, 0.6) is 0 Å². The highest BCUT2D eigenvalue weighted by Crippen LogP contribution is 1.79. The molecule has 1 atom stereocenters. The van der Waals surface area contributed by atoms with Crippen LogP contribution in [0, 0.1) is 11.8 Å². The molecule has 0 aliphatic heterocycles. The highest BCUT2D eigenvalue weighted by molar-refractivity contribution is 5.06. The molecule has 0 heterocycles. The van der Waals surface area contributed by atoms with Crippen LogP contribution >= 0.6 is 0 Å². The second-order valence-electron chi connectivity index (χ2n) is 1.77. The van der Waals surface area contributed by atoms with Gasteiger partial charge in [0.2, 0.25) is 0 Å². The predicted octanol–water partition coefficient (Wildman–Crippen LogP) is 1.34. The largest absolute Gasteiger partial charge is 0.381 e. The molecule has 1 nitrogen and oxygen atoms in total. The van der Waals surface area contributed by atoms with Crippen LogP contribution in [0.4, 0.5) is 0 Å². The molecule has 0 aromatic heterocycles. The number of hydrogen-bond acceptors (Lipinski definition) is 1. The summed E-state index contributed by atoms with van der Waals surface area (Å²) in [4.78, 5) is 0. The van der Waals surface area contributed by atoms with Crippen LogP contribution in [-0.2, 0) is 0 Å². The molecule has 0 aliphatic rings. The monoisotopic (exact) mass is 124 g/mol. The van der Waals surface area contributed by atoms with Crippen LogP contribution in [-0.4, -0.2) is 11.2 Å². The maximum atomic E-state index is 8.65. The van der Waals surface area contributed by atoms with Crippen molar-refractivity contribution in [2.75, 3.05) is 0 Å². The first-order valence-electron chi connectivity index (χ1n) is 3.05. The van der Waals surface area contributed by atoms with Crippen LogP contribution in [0.25, 0.3) is 0 Å². The Hall–Kier alpha value is -0.740. The van der Waals surface area contributed by atoms with Crippen molar-refractivity contribution < 1.29 is 5.11 Å². The van der Waals surface area contributed by atoms with Crippen molar-refractivity contribution in [3.8, 4) is 11.8 Å². The Morgan fingerprint density at radius 3 is 2.78 bits per heavy atom. The number of allylic oxidation sites excluding steroid dienone is 2. The van der Waals surface area contributed by atoms with Crippen LogP contribution in [0.3, 0.4) is 0 Å². The smallest absolute Gasteiger partial charge is 0.111 e. The average Bonchev–Trinajstić information content (AvgIpc) is 1.80. The lowest BCUT2D eigenvalue weighted by molar-refractivity contribution is 0.253. The SMILES string of the molecule is CC=CCC#CC(C)O. The van der Waals surface area contributed by atoms with E-state index in [0.29, 0.717) is 0 Å². The minimum atomic E-state index is -0.491. The molecule has 0 fully saturated rings. The van der Waals surface area contributed by atoms with E-state index in [1.165, 1.54) is 0 Å². The Morgan fingerprint density at radius 1 is 1.67 bits per heavy atom. The van der Waals surface area contributed by atoms with E-state index in [4.69, 9.17) is 5.11 Å². The zero-order valence-electron chi connectivity index (χ0n) is 5.89. The van der Waals surface area contributed by atoms with Gasteiger partial charge in [0, 0.05) is 6.42 Å². The summed E-state index contributed by atoms with van der Waals surface area (Å²) in [5, 5.41) is 8.65. The van der Waals surface area contributed by atoms with Gasteiger partial charge in [0.05, 0.1) is 0 Å². The van der Waals surface area contributed by atoms with Gasteiger partial charge in [-0.2, -0.15) is 0 Å². The molecule has 0 aromatic rings. The van der Waals surface area contributed by atoms with E-state index in [9.17, 15) is 0 Å². The predicted molar refractivity (Wildman–Crippen MR) is 38.9 cm³/mol. The molecule has 0 aliphatic carbocycles. The van der Waals surface area contributed by atoms with Gasteiger partial charge in [0.1, 0.15) is 6.10 Å². The normalized spacial score (nSPS) is 12.8. The summed E-state index contributed by atoms with van der Waals surface area (Å²) in [7, 11) is 0. The van der Waals surface area contributed by atoms with Crippen molar-refractivity contribution in [2.45, 2.75) is 26.4 Å². The summed E-state index contributed by atoms with van der Waals surface area (Å²) in [6.07, 6.45) is 4.14. The Bertz CT molecular complexity index is 134. The third-order valence-electron chi connectivity index (χ3n) is 0.767. The molecule has 1 heteroatoms. The van der Waals surface area contributed by atoms with Gasteiger partial charge < -0.3 is 5.11 Å². The molecule has 0 spiro atoms. The highest BCUT2D eigenvalue weighted by Gasteiger charge is 1.79.